The number of benzene rings is 1. The van der Waals surface area contributed by atoms with Gasteiger partial charge in [0.05, 0.1) is 10.6 Å². The lowest BCUT2D eigenvalue weighted by molar-refractivity contribution is 0.365. The summed E-state index contributed by atoms with van der Waals surface area (Å²) in [6, 6.07) is 7.36. The highest BCUT2D eigenvalue weighted by molar-refractivity contribution is 6.30. The molecule has 22 heavy (non-hydrogen) atoms. The van der Waals surface area contributed by atoms with E-state index in [2.05, 4.69) is 10.1 Å². The minimum absolute atomic E-state index is 0.0486. The third-order valence-corrected chi connectivity index (χ3v) is 3.63. The van der Waals surface area contributed by atoms with E-state index in [1.165, 1.54) is 18.2 Å². The zero-order valence-electron chi connectivity index (χ0n) is 12.4. The Morgan fingerprint density at radius 2 is 1.82 bits per heavy atom. The van der Waals surface area contributed by atoms with Gasteiger partial charge < -0.3 is 0 Å². The number of fused-ring (bicyclic) bond motifs is 1. The van der Waals surface area contributed by atoms with Gasteiger partial charge in [-0.3, -0.25) is 0 Å². The molecule has 0 amide bonds. The van der Waals surface area contributed by atoms with E-state index in [9.17, 15) is 8.78 Å². The van der Waals surface area contributed by atoms with E-state index in [0.717, 1.165) is 0 Å². The van der Waals surface area contributed by atoms with Crippen molar-refractivity contribution in [2.75, 3.05) is 0 Å². The van der Waals surface area contributed by atoms with Crippen LogP contribution in [-0.2, 0) is 5.54 Å². The Labute approximate surface area is 131 Å². The standard InChI is InChI=1S/C16H14ClF2N3/c1-16(2,3)22-15-10(5-7-13(19)20-15)14(21-22)9-4-6-11(17)12(18)8-9/h4-8H,1-3H3. The van der Waals surface area contributed by atoms with Crippen LogP contribution >= 0.6 is 11.6 Å². The molecule has 3 rings (SSSR count). The second-order valence-corrected chi connectivity index (χ2v) is 6.47. The van der Waals surface area contributed by atoms with Gasteiger partial charge in [0, 0.05) is 10.9 Å². The summed E-state index contributed by atoms with van der Waals surface area (Å²) >= 11 is 5.72. The van der Waals surface area contributed by atoms with Gasteiger partial charge in [0.2, 0.25) is 5.95 Å². The van der Waals surface area contributed by atoms with Gasteiger partial charge in [-0.2, -0.15) is 14.5 Å². The summed E-state index contributed by atoms with van der Waals surface area (Å²) in [5.74, 6) is -1.10. The molecular weight excluding hydrogens is 308 g/mol. The van der Waals surface area contributed by atoms with Crippen LogP contribution in [0.25, 0.3) is 22.3 Å². The molecule has 0 fully saturated rings. The number of pyridine rings is 1. The molecule has 6 heteroatoms. The molecule has 3 aromatic rings. The van der Waals surface area contributed by atoms with Gasteiger partial charge in [0.25, 0.3) is 0 Å². The highest BCUT2D eigenvalue weighted by Gasteiger charge is 2.22. The van der Waals surface area contributed by atoms with Crippen LogP contribution in [0.4, 0.5) is 8.78 Å². The van der Waals surface area contributed by atoms with Crippen LogP contribution in [0.3, 0.4) is 0 Å². The Morgan fingerprint density at radius 1 is 1.09 bits per heavy atom. The average molecular weight is 322 g/mol. The molecule has 114 valence electrons. The van der Waals surface area contributed by atoms with Crippen molar-refractivity contribution in [1.82, 2.24) is 14.8 Å². The topological polar surface area (TPSA) is 30.7 Å². The zero-order chi connectivity index (χ0) is 16.1. The third kappa shape index (κ3) is 2.46. The highest BCUT2D eigenvalue weighted by Crippen LogP contribution is 2.32. The van der Waals surface area contributed by atoms with Gasteiger partial charge in [-0.25, -0.2) is 9.07 Å². The molecule has 2 heterocycles. The predicted molar refractivity (Wildman–Crippen MR) is 82.9 cm³/mol. The molecule has 1 aromatic carbocycles. The molecule has 0 aliphatic rings. The first-order valence-electron chi connectivity index (χ1n) is 6.78. The van der Waals surface area contributed by atoms with Crippen molar-refractivity contribution in [3.05, 3.63) is 47.1 Å². The van der Waals surface area contributed by atoms with Gasteiger partial charge in [0.15, 0.2) is 5.65 Å². The van der Waals surface area contributed by atoms with E-state index in [0.29, 0.717) is 22.3 Å². The summed E-state index contributed by atoms with van der Waals surface area (Å²) in [6.45, 7) is 5.83. The summed E-state index contributed by atoms with van der Waals surface area (Å²) in [4.78, 5) is 3.94. The summed E-state index contributed by atoms with van der Waals surface area (Å²) < 4.78 is 28.9. The smallest absolute Gasteiger partial charge is 0.214 e. The minimum Gasteiger partial charge on any atom is -0.241 e. The van der Waals surface area contributed by atoms with Crippen molar-refractivity contribution in [3.8, 4) is 11.3 Å². The average Bonchev–Trinajstić information content (AvgIpc) is 2.80. The van der Waals surface area contributed by atoms with Gasteiger partial charge in [-0.15, -0.1) is 0 Å². The van der Waals surface area contributed by atoms with Crippen LogP contribution in [0.15, 0.2) is 30.3 Å². The lowest BCUT2D eigenvalue weighted by Crippen LogP contribution is -2.23. The number of rotatable bonds is 1. The van der Waals surface area contributed by atoms with E-state index in [-0.39, 0.29) is 10.6 Å². The second-order valence-electron chi connectivity index (χ2n) is 6.07. The van der Waals surface area contributed by atoms with Crippen LogP contribution in [0.2, 0.25) is 5.02 Å². The van der Waals surface area contributed by atoms with Crippen molar-refractivity contribution in [2.45, 2.75) is 26.3 Å². The number of halogens is 3. The van der Waals surface area contributed by atoms with Gasteiger partial charge in [-0.1, -0.05) is 17.7 Å². The van der Waals surface area contributed by atoms with Crippen LogP contribution in [0.1, 0.15) is 20.8 Å². The van der Waals surface area contributed by atoms with Gasteiger partial charge in [0.1, 0.15) is 11.5 Å². The highest BCUT2D eigenvalue weighted by atomic mass is 35.5. The molecule has 0 unspecified atom stereocenters. The number of hydrogen-bond acceptors (Lipinski definition) is 2. The fraction of sp³-hybridized carbons (Fsp3) is 0.250. The van der Waals surface area contributed by atoms with Gasteiger partial charge >= 0.3 is 0 Å². The molecule has 0 aliphatic heterocycles. The molecule has 2 aromatic heterocycles. The Kier molecular flexibility index (Phi) is 3.40. The Bertz CT molecular complexity index is 866. The van der Waals surface area contributed by atoms with Crippen LogP contribution < -0.4 is 0 Å². The van der Waals surface area contributed by atoms with E-state index < -0.39 is 11.8 Å². The van der Waals surface area contributed by atoms with Crippen molar-refractivity contribution < 1.29 is 8.78 Å². The Morgan fingerprint density at radius 3 is 2.45 bits per heavy atom. The normalized spacial score (nSPS) is 12.1. The molecule has 0 bridgehead atoms. The second kappa shape index (κ2) is 5.02. The van der Waals surface area contributed by atoms with E-state index in [4.69, 9.17) is 11.6 Å². The van der Waals surface area contributed by atoms with Gasteiger partial charge in [-0.05, 0) is 45.0 Å². The zero-order valence-corrected chi connectivity index (χ0v) is 13.1. The fourth-order valence-corrected chi connectivity index (χ4v) is 2.41. The summed E-state index contributed by atoms with van der Waals surface area (Å²) in [7, 11) is 0. The first-order chi connectivity index (χ1) is 10.3. The first kappa shape index (κ1) is 14.9. The van der Waals surface area contributed by atoms with E-state index >= 15 is 0 Å². The van der Waals surface area contributed by atoms with Crippen LogP contribution in [0, 0.1) is 11.8 Å². The minimum atomic E-state index is -0.577. The van der Waals surface area contributed by atoms with Crippen LogP contribution in [0.5, 0.6) is 0 Å². The summed E-state index contributed by atoms with van der Waals surface area (Å²) in [6.07, 6.45) is 0. The van der Waals surface area contributed by atoms with Crippen molar-refractivity contribution in [1.29, 1.82) is 0 Å². The third-order valence-electron chi connectivity index (χ3n) is 3.33. The maximum atomic E-state index is 13.7. The molecule has 0 spiro atoms. The molecule has 0 saturated heterocycles. The molecule has 0 saturated carbocycles. The fourth-order valence-electron chi connectivity index (χ4n) is 2.30. The van der Waals surface area contributed by atoms with Crippen molar-refractivity contribution in [3.63, 3.8) is 0 Å². The molecule has 3 nitrogen and oxygen atoms in total. The monoisotopic (exact) mass is 321 g/mol. The first-order valence-corrected chi connectivity index (χ1v) is 7.16. The number of hydrogen-bond donors (Lipinski definition) is 0. The van der Waals surface area contributed by atoms with E-state index in [1.54, 1.807) is 16.8 Å². The number of aromatic nitrogens is 3. The lowest BCUT2D eigenvalue weighted by atomic mass is 10.1. The SMILES string of the molecule is CC(C)(C)n1nc(-c2ccc(Cl)c(F)c2)c2ccc(F)nc21. The molecular formula is C16H14ClF2N3. The number of nitrogens with zero attached hydrogens (tertiary/aromatic N) is 3. The quantitative estimate of drug-likeness (QED) is 0.604. The van der Waals surface area contributed by atoms with E-state index in [1.807, 2.05) is 20.8 Å². The largest absolute Gasteiger partial charge is 0.241 e. The summed E-state index contributed by atoms with van der Waals surface area (Å²) in [5.41, 5.74) is 1.16. The molecule has 0 N–H and O–H groups in total. The maximum absolute atomic E-state index is 13.7. The van der Waals surface area contributed by atoms with Crippen molar-refractivity contribution in [2.24, 2.45) is 0 Å². The summed E-state index contributed by atoms with van der Waals surface area (Å²) in [5, 5.41) is 5.23. The maximum Gasteiger partial charge on any atom is 0.214 e. The molecule has 0 radical (unpaired) electrons. The lowest BCUT2D eigenvalue weighted by Gasteiger charge is -2.19. The van der Waals surface area contributed by atoms with Crippen molar-refractivity contribution >= 4 is 22.6 Å². The molecule has 0 aliphatic carbocycles. The predicted octanol–water partition coefficient (Wildman–Crippen LogP) is 4.78. The molecule has 0 atom stereocenters. The Hall–Kier alpha value is -2.01. The van der Waals surface area contributed by atoms with Crippen LogP contribution in [-0.4, -0.2) is 14.8 Å². The Balaban J connectivity index is 2.32.